The van der Waals surface area contributed by atoms with E-state index in [9.17, 15) is 4.79 Å². The topological polar surface area (TPSA) is 54.5 Å². The highest BCUT2D eigenvalue weighted by atomic mass is 35.5. The van der Waals surface area contributed by atoms with E-state index in [1.807, 2.05) is 0 Å². The van der Waals surface area contributed by atoms with E-state index in [0.29, 0.717) is 16.4 Å². The van der Waals surface area contributed by atoms with E-state index in [4.69, 9.17) is 16.4 Å². The van der Waals surface area contributed by atoms with E-state index in [0.717, 1.165) is 25.9 Å². The molecule has 1 aliphatic rings. The fourth-order valence-electron chi connectivity index (χ4n) is 1.84. The molecule has 0 unspecified atom stereocenters. The molecule has 0 atom stereocenters. The predicted molar refractivity (Wildman–Crippen MR) is 65.0 cm³/mol. The third kappa shape index (κ3) is 2.68. The normalized spacial score (nSPS) is 15.1. The molecule has 2 heterocycles. The van der Waals surface area contributed by atoms with Gasteiger partial charge < -0.3 is 4.90 Å². The molecule has 0 bridgehead atoms. The summed E-state index contributed by atoms with van der Waals surface area (Å²) in [6.07, 6.45) is 3.62. The quantitative estimate of drug-likeness (QED) is 0.839. The van der Waals surface area contributed by atoms with Gasteiger partial charge in [-0.2, -0.15) is 0 Å². The van der Waals surface area contributed by atoms with Crippen LogP contribution in [0.4, 0.5) is 5.69 Å². The number of pyridine rings is 1. The average molecular weight is 256 g/mol. The third-order valence-electron chi connectivity index (χ3n) is 2.66. The molecule has 1 N–H and O–H groups in total. The third-order valence-corrected chi connectivity index (χ3v) is 2.95. The molecular formula is C11H14ClN3O2. The zero-order valence-corrected chi connectivity index (χ0v) is 10.3. The monoisotopic (exact) mass is 255 g/mol. The number of halogens is 1. The first kappa shape index (κ1) is 12.1. The molecule has 1 amide bonds. The molecule has 6 heteroatoms. The number of hydrogen-bond donors (Lipinski definition) is 1. The van der Waals surface area contributed by atoms with Crippen LogP contribution in [-0.4, -0.2) is 36.0 Å². The van der Waals surface area contributed by atoms with Crippen molar-refractivity contribution < 1.29 is 9.63 Å². The molecule has 0 radical (unpaired) electrons. The number of rotatable bonds is 3. The van der Waals surface area contributed by atoms with Gasteiger partial charge in [-0.1, -0.05) is 11.6 Å². The van der Waals surface area contributed by atoms with Crippen LogP contribution < -0.4 is 5.48 Å². The van der Waals surface area contributed by atoms with Gasteiger partial charge in [-0.15, -0.1) is 0 Å². The van der Waals surface area contributed by atoms with Crippen LogP contribution in [0.5, 0.6) is 0 Å². The largest absolute Gasteiger partial charge is 0.337 e. The van der Waals surface area contributed by atoms with Crippen molar-refractivity contribution in [2.24, 2.45) is 0 Å². The molecule has 0 spiro atoms. The molecule has 2 rings (SSSR count). The number of carbonyl (C=O) groups is 1. The Morgan fingerprint density at radius 3 is 2.82 bits per heavy atom. The van der Waals surface area contributed by atoms with Gasteiger partial charge in [0.25, 0.3) is 5.91 Å². The van der Waals surface area contributed by atoms with Gasteiger partial charge in [0.05, 0.1) is 24.0 Å². The minimum atomic E-state index is -0.100. The first-order valence-corrected chi connectivity index (χ1v) is 5.84. The number of carbonyl (C=O) groups excluding carboxylic acids is 1. The lowest BCUT2D eigenvalue weighted by Gasteiger charge is -2.15. The van der Waals surface area contributed by atoms with Crippen molar-refractivity contribution in [3.8, 4) is 0 Å². The Morgan fingerprint density at radius 2 is 2.24 bits per heavy atom. The minimum absolute atomic E-state index is 0.100. The molecule has 1 fully saturated rings. The zero-order chi connectivity index (χ0) is 12.3. The maximum atomic E-state index is 12.1. The molecule has 0 aliphatic carbocycles. The van der Waals surface area contributed by atoms with E-state index in [-0.39, 0.29) is 5.91 Å². The number of nitrogens with zero attached hydrogens (tertiary/aromatic N) is 2. The van der Waals surface area contributed by atoms with Gasteiger partial charge in [-0.05, 0) is 18.9 Å². The Kier molecular flexibility index (Phi) is 3.81. The van der Waals surface area contributed by atoms with Crippen LogP contribution in [0.2, 0.25) is 5.02 Å². The lowest BCUT2D eigenvalue weighted by atomic mass is 10.3. The summed E-state index contributed by atoms with van der Waals surface area (Å²) < 4.78 is 0. The van der Waals surface area contributed by atoms with Gasteiger partial charge in [-0.25, -0.2) is 4.98 Å². The second-order valence-corrected chi connectivity index (χ2v) is 4.27. The molecule has 92 valence electrons. The predicted octanol–water partition coefficient (Wildman–Crippen LogP) is 1.94. The molecule has 1 aromatic heterocycles. The van der Waals surface area contributed by atoms with Crippen molar-refractivity contribution in [2.75, 3.05) is 25.7 Å². The number of amides is 1. The van der Waals surface area contributed by atoms with Crippen LogP contribution in [0.25, 0.3) is 0 Å². The fourth-order valence-corrected chi connectivity index (χ4v) is 2.09. The van der Waals surface area contributed by atoms with E-state index in [1.165, 1.54) is 13.3 Å². The molecule has 17 heavy (non-hydrogen) atoms. The van der Waals surface area contributed by atoms with Crippen LogP contribution in [0.3, 0.4) is 0 Å². The Morgan fingerprint density at radius 1 is 1.53 bits per heavy atom. The maximum absolute atomic E-state index is 12.1. The summed E-state index contributed by atoms with van der Waals surface area (Å²) in [6, 6.07) is 1.63. The van der Waals surface area contributed by atoms with Gasteiger partial charge in [0.15, 0.2) is 0 Å². The van der Waals surface area contributed by atoms with Gasteiger partial charge in [0.1, 0.15) is 5.69 Å². The second kappa shape index (κ2) is 5.33. The van der Waals surface area contributed by atoms with Gasteiger partial charge >= 0.3 is 0 Å². The Hall–Kier alpha value is -1.33. The van der Waals surface area contributed by atoms with Gasteiger partial charge in [0.2, 0.25) is 0 Å². The van der Waals surface area contributed by atoms with Crippen LogP contribution in [0.1, 0.15) is 23.3 Å². The Labute approximate surface area is 105 Å². The summed E-state index contributed by atoms with van der Waals surface area (Å²) in [4.78, 5) is 22.7. The van der Waals surface area contributed by atoms with Crippen molar-refractivity contribution in [1.82, 2.24) is 9.88 Å². The molecule has 5 nitrogen and oxygen atoms in total. The summed E-state index contributed by atoms with van der Waals surface area (Å²) in [5, 5.41) is 0.337. The van der Waals surface area contributed by atoms with Crippen LogP contribution >= 0.6 is 11.6 Å². The number of aromatic nitrogens is 1. The van der Waals surface area contributed by atoms with E-state index in [1.54, 1.807) is 11.0 Å². The molecule has 0 aromatic carbocycles. The SMILES string of the molecule is CONc1cnc(C(=O)N2CCCC2)c(Cl)c1. The smallest absolute Gasteiger partial charge is 0.273 e. The average Bonchev–Trinajstić information content (AvgIpc) is 2.82. The second-order valence-electron chi connectivity index (χ2n) is 3.86. The zero-order valence-electron chi connectivity index (χ0n) is 9.57. The fraction of sp³-hybridized carbons (Fsp3) is 0.455. The molecule has 1 aromatic rings. The first-order chi connectivity index (χ1) is 8.22. The summed E-state index contributed by atoms with van der Waals surface area (Å²) >= 11 is 6.03. The molecular weight excluding hydrogens is 242 g/mol. The van der Waals surface area contributed by atoms with E-state index >= 15 is 0 Å². The number of hydrogen-bond acceptors (Lipinski definition) is 4. The van der Waals surface area contributed by atoms with Crippen LogP contribution in [0, 0.1) is 0 Å². The summed E-state index contributed by atoms with van der Waals surface area (Å²) in [6.45, 7) is 1.57. The lowest BCUT2D eigenvalue weighted by Crippen LogP contribution is -2.28. The van der Waals surface area contributed by atoms with Crippen molar-refractivity contribution in [1.29, 1.82) is 0 Å². The van der Waals surface area contributed by atoms with Crippen molar-refractivity contribution in [3.63, 3.8) is 0 Å². The standard InChI is InChI=1S/C11H14ClN3O2/c1-17-14-8-6-9(12)10(13-7-8)11(16)15-4-2-3-5-15/h6-7,14H,2-5H2,1H3. The number of anilines is 1. The molecule has 1 saturated heterocycles. The Bertz CT molecular complexity index is 419. The Balaban J connectivity index is 2.17. The van der Waals surface area contributed by atoms with Crippen molar-refractivity contribution in [3.05, 3.63) is 23.0 Å². The minimum Gasteiger partial charge on any atom is -0.337 e. The molecule has 1 aliphatic heterocycles. The van der Waals surface area contributed by atoms with Gasteiger partial charge in [0, 0.05) is 13.1 Å². The highest BCUT2D eigenvalue weighted by Crippen LogP contribution is 2.21. The van der Waals surface area contributed by atoms with E-state index < -0.39 is 0 Å². The summed E-state index contributed by atoms with van der Waals surface area (Å²) in [5.41, 5.74) is 3.53. The highest BCUT2D eigenvalue weighted by molar-refractivity contribution is 6.33. The lowest BCUT2D eigenvalue weighted by molar-refractivity contribution is 0.0787. The van der Waals surface area contributed by atoms with Crippen molar-refractivity contribution in [2.45, 2.75) is 12.8 Å². The summed E-state index contributed by atoms with van der Waals surface area (Å²) in [7, 11) is 1.50. The number of nitrogens with one attached hydrogen (secondary N) is 1. The highest BCUT2D eigenvalue weighted by Gasteiger charge is 2.22. The van der Waals surface area contributed by atoms with E-state index in [2.05, 4.69) is 10.5 Å². The van der Waals surface area contributed by atoms with Gasteiger partial charge in [-0.3, -0.25) is 15.1 Å². The summed E-state index contributed by atoms with van der Waals surface area (Å²) in [5.74, 6) is -0.100. The number of likely N-dealkylation sites (tertiary alicyclic amines) is 1. The first-order valence-electron chi connectivity index (χ1n) is 5.46. The van der Waals surface area contributed by atoms with Crippen molar-refractivity contribution >= 4 is 23.2 Å². The molecule has 0 saturated carbocycles. The maximum Gasteiger partial charge on any atom is 0.273 e. The van der Waals surface area contributed by atoms with Crippen LogP contribution in [-0.2, 0) is 4.84 Å². The van der Waals surface area contributed by atoms with Crippen LogP contribution in [0.15, 0.2) is 12.3 Å².